The van der Waals surface area contributed by atoms with Gasteiger partial charge in [-0.2, -0.15) is 18.3 Å². The molecule has 1 N–H and O–H groups in total. The molecular weight excluding hydrogens is 255 g/mol. The Bertz CT molecular complexity index is 421. The number of rotatable bonds is 6. The fourth-order valence-corrected chi connectivity index (χ4v) is 2.33. The third-order valence-corrected chi connectivity index (χ3v) is 3.57. The van der Waals surface area contributed by atoms with Crippen LogP contribution in [0.4, 0.5) is 13.2 Å². The van der Waals surface area contributed by atoms with Crippen LogP contribution in [0.15, 0.2) is 6.20 Å². The molecule has 6 heteroatoms. The fourth-order valence-electron chi connectivity index (χ4n) is 2.33. The third-order valence-electron chi connectivity index (χ3n) is 3.57. The number of halogens is 3. The van der Waals surface area contributed by atoms with Crippen molar-refractivity contribution in [1.82, 2.24) is 15.1 Å². The summed E-state index contributed by atoms with van der Waals surface area (Å²) in [5.74, 6) is 0.345. The van der Waals surface area contributed by atoms with E-state index >= 15 is 0 Å². The summed E-state index contributed by atoms with van der Waals surface area (Å²) in [5, 5.41) is 6.99. The average molecular weight is 275 g/mol. The fraction of sp³-hybridized carbons (Fsp3) is 0.769. The van der Waals surface area contributed by atoms with Crippen molar-refractivity contribution >= 4 is 0 Å². The summed E-state index contributed by atoms with van der Waals surface area (Å²) in [6.07, 6.45) is -0.0926. The number of nitrogens with zero attached hydrogens (tertiary/aromatic N) is 2. The van der Waals surface area contributed by atoms with Gasteiger partial charge in [-0.25, -0.2) is 0 Å². The molecule has 0 bridgehead atoms. The van der Waals surface area contributed by atoms with E-state index in [1.165, 1.54) is 10.9 Å². The Balaban J connectivity index is 2.23. The predicted molar refractivity (Wildman–Crippen MR) is 66.7 cm³/mol. The zero-order chi connectivity index (χ0) is 14.0. The van der Waals surface area contributed by atoms with Crippen LogP contribution in [0, 0.1) is 5.92 Å². The normalized spacial score (nSPS) is 17.7. The second-order valence-corrected chi connectivity index (χ2v) is 5.22. The molecule has 2 rings (SSSR count). The maximum atomic E-state index is 13.2. The van der Waals surface area contributed by atoms with Crippen LogP contribution < -0.4 is 5.32 Å². The second kappa shape index (κ2) is 5.53. The molecule has 1 aliphatic carbocycles. The van der Waals surface area contributed by atoms with E-state index in [1.54, 1.807) is 0 Å². The minimum Gasteiger partial charge on any atom is -0.313 e. The van der Waals surface area contributed by atoms with Crippen molar-refractivity contribution in [3.63, 3.8) is 0 Å². The van der Waals surface area contributed by atoms with Gasteiger partial charge in [0.25, 0.3) is 0 Å². The molecule has 1 aromatic rings. The van der Waals surface area contributed by atoms with Gasteiger partial charge in [-0.1, -0.05) is 6.92 Å². The second-order valence-electron chi connectivity index (χ2n) is 5.22. The maximum Gasteiger partial charge on any atom is 0.433 e. The van der Waals surface area contributed by atoms with Crippen molar-refractivity contribution in [1.29, 1.82) is 0 Å². The van der Waals surface area contributed by atoms with E-state index in [2.05, 4.69) is 10.4 Å². The molecule has 3 nitrogen and oxygen atoms in total. The van der Waals surface area contributed by atoms with E-state index in [9.17, 15) is 13.2 Å². The third kappa shape index (κ3) is 3.29. The Morgan fingerprint density at radius 1 is 1.47 bits per heavy atom. The Morgan fingerprint density at radius 2 is 2.16 bits per heavy atom. The summed E-state index contributed by atoms with van der Waals surface area (Å²) < 4.78 is 40.8. The number of aromatic nitrogens is 2. The van der Waals surface area contributed by atoms with Gasteiger partial charge in [0, 0.05) is 12.1 Å². The summed E-state index contributed by atoms with van der Waals surface area (Å²) in [6.45, 7) is 4.74. The summed E-state index contributed by atoms with van der Waals surface area (Å²) >= 11 is 0. The summed E-state index contributed by atoms with van der Waals surface area (Å²) in [6, 6.07) is -0.170. The molecule has 1 heterocycles. The van der Waals surface area contributed by atoms with E-state index in [4.69, 9.17) is 0 Å². The quantitative estimate of drug-likeness (QED) is 0.807. The first kappa shape index (κ1) is 14.4. The van der Waals surface area contributed by atoms with Gasteiger partial charge in [-0.05, 0) is 38.6 Å². The van der Waals surface area contributed by atoms with Crippen LogP contribution in [0.25, 0.3) is 0 Å². The minimum atomic E-state index is -4.34. The standard InChI is InChI=1S/C13H20F3N3/c1-3-6-17-7-11-8-18-19(9(2)10-4-5-10)12(11)13(14,15)16/h8-10,17H,3-7H2,1-2H3. The molecule has 0 radical (unpaired) electrons. The van der Waals surface area contributed by atoms with Crippen LogP contribution in [0.1, 0.15) is 50.4 Å². The molecule has 0 aromatic carbocycles. The first-order valence-corrected chi connectivity index (χ1v) is 6.79. The summed E-state index contributed by atoms with van der Waals surface area (Å²) in [5.41, 5.74) is -0.344. The van der Waals surface area contributed by atoms with Crippen LogP contribution in [0.3, 0.4) is 0 Å². The molecule has 108 valence electrons. The van der Waals surface area contributed by atoms with Crippen molar-refractivity contribution in [3.8, 4) is 0 Å². The largest absolute Gasteiger partial charge is 0.433 e. The monoisotopic (exact) mass is 275 g/mol. The number of hydrogen-bond acceptors (Lipinski definition) is 2. The van der Waals surface area contributed by atoms with Crippen molar-refractivity contribution in [2.24, 2.45) is 5.92 Å². The van der Waals surface area contributed by atoms with E-state index < -0.39 is 11.9 Å². The van der Waals surface area contributed by atoms with Gasteiger partial charge in [0.15, 0.2) is 0 Å². The predicted octanol–water partition coefficient (Wildman–Crippen LogP) is 3.37. The molecule has 0 aliphatic heterocycles. The molecule has 1 fully saturated rings. The highest BCUT2D eigenvalue weighted by atomic mass is 19.4. The van der Waals surface area contributed by atoms with Crippen LogP contribution in [-0.4, -0.2) is 16.3 Å². The molecule has 0 saturated heterocycles. The Kier molecular flexibility index (Phi) is 4.18. The van der Waals surface area contributed by atoms with E-state index in [1.807, 2.05) is 13.8 Å². The maximum absolute atomic E-state index is 13.2. The Labute approximate surface area is 111 Å². The molecule has 0 spiro atoms. The van der Waals surface area contributed by atoms with Crippen molar-refractivity contribution in [2.45, 2.75) is 51.9 Å². The first-order chi connectivity index (χ1) is 8.95. The van der Waals surface area contributed by atoms with Crippen LogP contribution in [0.2, 0.25) is 0 Å². The van der Waals surface area contributed by atoms with Gasteiger partial charge in [-0.3, -0.25) is 4.68 Å². The van der Waals surface area contributed by atoms with Crippen LogP contribution in [-0.2, 0) is 12.7 Å². The summed E-state index contributed by atoms with van der Waals surface area (Å²) in [4.78, 5) is 0. The highest BCUT2D eigenvalue weighted by Crippen LogP contribution is 2.42. The minimum absolute atomic E-state index is 0.170. The lowest BCUT2D eigenvalue weighted by Gasteiger charge is -2.18. The van der Waals surface area contributed by atoms with Gasteiger partial charge in [0.2, 0.25) is 0 Å². The van der Waals surface area contributed by atoms with E-state index in [-0.39, 0.29) is 18.2 Å². The Hall–Kier alpha value is -1.04. The molecule has 1 saturated carbocycles. The zero-order valence-electron chi connectivity index (χ0n) is 11.3. The SMILES string of the molecule is CCCNCc1cnn(C(C)C2CC2)c1C(F)(F)F. The van der Waals surface area contributed by atoms with Gasteiger partial charge in [0.05, 0.1) is 12.2 Å². The van der Waals surface area contributed by atoms with Crippen molar-refractivity contribution in [3.05, 3.63) is 17.5 Å². The lowest BCUT2D eigenvalue weighted by molar-refractivity contribution is -0.145. The molecular formula is C13H20F3N3. The first-order valence-electron chi connectivity index (χ1n) is 6.79. The highest BCUT2D eigenvalue weighted by Gasteiger charge is 2.41. The van der Waals surface area contributed by atoms with Gasteiger partial charge >= 0.3 is 6.18 Å². The molecule has 1 aromatic heterocycles. The van der Waals surface area contributed by atoms with Crippen LogP contribution in [0.5, 0.6) is 0 Å². The lowest BCUT2D eigenvalue weighted by Crippen LogP contribution is -2.22. The molecule has 1 aliphatic rings. The van der Waals surface area contributed by atoms with Crippen LogP contribution >= 0.6 is 0 Å². The topological polar surface area (TPSA) is 29.9 Å². The molecule has 0 amide bonds. The average Bonchev–Trinajstić information content (AvgIpc) is 3.08. The van der Waals surface area contributed by atoms with Gasteiger partial charge in [0.1, 0.15) is 5.69 Å². The summed E-state index contributed by atoms with van der Waals surface area (Å²) in [7, 11) is 0. The van der Waals surface area contributed by atoms with E-state index in [0.29, 0.717) is 12.5 Å². The van der Waals surface area contributed by atoms with Gasteiger partial charge < -0.3 is 5.32 Å². The number of nitrogens with one attached hydrogen (secondary N) is 1. The van der Waals surface area contributed by atoms with Gasteiger partial charge in [-0.15, -0.1) is 0 Å². The number of alkyl halides is 3. The smallest absolute Gasteiger partial charge is 0.313 e. The number of hydrogen-bond donors (Lipinski definition) is 1. The molecule has 1 atom stereocenters. The van der Waals surface area contributed by atoms with E-state index in [0.717, 1.165) is 19.3 Å². The zero-order valence-corrected chi connectivity index (χ0v) is 11.3. The van der Waals surface area contributed by atoms with Crippen molar-refractivity contribution in [2.75, 3.05) is 6.54 Å². The highest BCUT2D eigenvalue weighted by molar-refractivity contribution is 5.21. The molecule has 1 unspecified atom stereocenters. The lowest BCUT2D eigenvalue weighted by atomic mass is 10.2. The molecule has 19 heavy (non-hydrogen) atoms. The Morgan fingerprint density at radius 3 is 2.68 bits per heavy atom. The van der Waals surface area contributed by atoms with Crippen molar-refractivity contribution < 1.29 is 13.2 Å².